The van der Waals surface area contributed by atoms with Crippen molar-refractivity contribution >= 4 is 23.4 Å². The molecule has 1 aliphatic carbocycles. The van der Waals surface area contributed by atoms with Crippen LogP contribution >= 0.6 is 11.8 Å². The van der Waals surface area contributed by atoms with E-state index in [1.54, 1.807) is 23.8 Å². The number of nitrogens with zero attached hydrogens (tertiary/aromatic N) is 3. The molecular weight excluding hydrogens is 286 g/mol. The Labute approximate surface area is 129 Å². The maximum atomic E-state index is 11.9. The van der Waals surface area contributed by atoms with Crippen LogP contribution in [-0.4, -0.2) is 40.7 Å². The van der Waals surface area contributed by atoms with Gasteiger partial charge in [-0.3, -0.25) is 4.79 Å². The molecule has 0 N–H and O–H groups in total. The second-order valence-electron chi connectivity index (χ2n) is 5.10. The number of rotatable bonds is 6. The molecule has 0 atom stereocenters. The number of carbonyl (C=O) groups is 1. The van der Waals surface area contributed by atoms with Gasteiger partial charge in [-0.25, -0.2) is 0 Å². The monoisotopic (exact) mass is 307 g/mol. The Hall–Kier alpha value is -1.52. The summed E-state index contributed by atoms with van der Waals surface area (Å²) in [5, 5.41) is 0. The van der Waals surface area contributed by atoms with Crippen molar-refractivity contribution in [3.05, 3.63) is 28.0 Å². The van der Waals surface area contributed by atoms with E-state index in [4.69, 9.17) is 4.74 Å². The third-order valence-electron chi connectivity index (χ3n) is 3.65. The molecule has 2 aliphatic rings. The molecule has 21 heavy (non-hydrogen) atoms. The minimum atomic E-state index is 0.0983. The van der Waals surface area contributed by atoms with Crippen LogP contribution in [0.2, 0.25) is 0 Å². The van der Waals surface area contributed by atoms with Gasteiger partial charge in [0.05, 0.1) is 7.11 Å². The van der Waals surface area contributed by atoms with Gasteiger partial charge in [-0.1, -0.05) is 13.3 Å². The van der Waals surface area contributed by atoms with Gasteiger partial charge >= 0.3 is 5.71 Å². The van der Waals surface area contributed by atoms with Crippen molar-refractivity contribution in [2.75, 3.05) is 19.4 Å². The van der Waals surface area contributed by atoms with E-state index in [0.29, 0.717) is 25.1 Å². The number of likely N-dealkylation sites (tertiary alicyclic amines) is 1. The second kappa shape index (κ2) is 7.48. The van der Waals surface area contributed by atoms with E-state index in [0.717, 1.165) is 41.4 Å². The van der Waals surface area contributed by atoms with Gasteiger partial charge < -0.3 is 15.2 Å². The molecule has 1 fully saturated rings. The predicted molar refractivity (Wildman–Crippen MR) is 83.7 cm³/mol. The zero-order valence-corrected chi connectivity index (χ0v) is 13.4. The smallest absolute Gasteiger partial charge is 0.323 e. The summed E-state index contributed by atoms with van der Waals surface area (Å²) >= 11 is 1.73. The molecule has 0 aromatic carbocycles. The summed E-state index contributed by atoms with van der Waals surface area (Å²) in [7, 11) is 1.63. The molecule has 6 heteroatoms. The third-order valence-corrected chi connectivity index (χ3v) is 4.80. The van der Waals surface area contributed by atoms with E-state index >= 15 is 0 Å². The van der Waals surface area contributed by atoms with E-state index in [1.807, 2.05) is 6.08 Å². The quantitative estimate of drug-likeness (QED) is 0.430. The highest BCUT2D eigenvalue weighted by Gasteiger charge is 2.34. The summed E-state index contributed by atoms with van der Waals surface area (Å²) in [6.07, 6.45) is 6.06. The fourth-order valence-electron chi connectivity index (χ4n) is 2.46. The summed E-state index contributed by atoms with van der Waals surface area (Å²) in [4.78, 5) is 18.1. The van der Waals surface area contributed by atoms with Crippen LogP contribution in [0.4, 0.5) is 0 Å². The number of carbonyl (C=O) groups excluding carboxylic acids is 1. The first kappa shape index (κ1) is 15.9. The fraction of sp³-hybridized carbons (Fsp3) is 0.600. The minimum absolute atomic E-state index is 0.0983. The van der Waals surface area contributed by atoms with E-state index in [2.05, 4.69) is 11.7 Å². The van der Waals surface area contributed by atoms with Crippen LogP contribution in [0.1, 0.15) is 39.0 Å². The Morgan fingerprint density at radius 3 is 2.90 bits per heavy atom. The summed E-state index contributed by atoms with van der Waals surface area (Å²) in [6, 6.07) is 0. The molecule has 1 saturated heterocycles. The average molecular weight is 307 g/mol. The zero-order valence-electron chi connectivity index (χ0n) is 12.6. The lowest BCUT2D eigenvalue weighted by atomic mass is 10.1. The van der Waals surface area contributed by atoms with Crippen LogP contribution in [-0.2, 0) is 9.53 Å². The molecule has 0 unspecified atom stereocenters. The predicted octanol–water partition coefficient (Wildman–Crippen LogP) is 2.96. The highest BCUT2D eigenvalue weighted by molar-refractivity contribution is 8.03. The summed E-state index contributed by atoms with van der Waals surface area (Å²) in [5.41, 5.74) is 10.5. The minimum Gasteiger partial charge on any atom is -0.499 e. The van der Waals surface area contributed by atoms with Gasteiger partial charge in [0.25, 0.3) is 0 Å². The van der Waals surface area contributed by atoms with Gasteiger partial charge in [0, 0.05) is 17.9 Å². The molecule has 0 radical (unpaired) electrons. The molecule has 5 nitrogen and oxygen atoms in total. The molecule has 0 bridgehead atoms. The van der Waals surface area contributed by atoms with Gasteiger partial charge in [-0.05, 0) is 24.7 Å². The number of thioether (sulfide) groups is 1. The first-order chi connectivity index (χ1) is 10.2. The lowest BCUT2D eigenvalue weighted by Crippen LogP contribution is -2.31. The maximum Gasteiger partial charge on any atom is 0.323 e. The van der Waals surface area contributed by atoms with Crippen molar-refractivity contribution in [3.8, 4) is 0 Å². The van der Waals surface area contributed by atoms with E-state index < -0.39 is 0 Å². The summed E-state index contributed by atoms with van der Waals surface area (Å²) < 4.78 is 5.42. The van der Waals surface area contributed by atoms with Crippen LogP contribution in [0, 0.1) is 0 Å². The van der Waals surface area contributed by atoms with Gasteiger partial charge in [-0.2, -0.15) is 4.79 Å². The Balaban J connectivity index is 2.28. The van der Waals surface area contributed by atoms with Crippen LogP contribution in [0.3, 0.4) is 0 Å². The lowest BCUT2D eigenvalue weighted by Gasteiger charge is -2.22. The number of amides is 1. The van der Waals surface area contributed by atoms with Gasteiger partial charge in [-0.15, -0.1) is 11.8 Å². The number of allylic oxidation sites excluding steroid dienone is 3. The molecule has 1 heterocycles. The molecule has 114 valence electrons. The Bertz CT molecular complexity index is 533. The Kier molecular flexibility index (Phi) is 5.65. The zero-order chi connectivity index (χ0) is 15.2. The van der Waals surface area contributed by atoms with Crippen molar-refractivity contribution < 1.29 is 14.3 Å². The number of hydrogen-bond acceptors (Lipinski definition) is 3. The average Bonchev–Trinajstić information content (AvgIpc) is 2.93. The third kappa shape index (κ3) is 3.57. The first-order valence-electron chi connectivity index (χ1n) is 7.34. The molecule has 2 rings (SSSR count). The van der Waals surface area contributed by atoms with Crippen molar-refractivity contribution in [3.63, 3.8) is 0 Å². The number of unbranched alkanes of at least 4 members (excludes halogenated alkanes) is 1. The second-order valence-corrected chi connectivity index (χ2v) is 6.23. The highest BCUT2D eigenvalue weighted by Crippen LogP contribution is 2.33. The molecule has 0 spiro atoms. The van der Waals surface area contributed by atoms with Crippen molar-refractivity contribution in [2.45, 2.75) is 39.0 Å². The molecule has 1 aliphatic heterocycles. The van der Waals surface area contributed by atoms with Gasteiger partial charge in [0.15, 0.2) is 0 Å². The topological polar surface area (TPSA) is 65.9 Å². The lowest BCUT2D eigenvalue weighted by molar-refractivity contribution is -0.126. The van der Waals surface area contributed by atoms with Crippen LogP contribution in [0.5, 0.6) is 0 Å². The molecule has 0 aromatic heterocycles. The van der Waals surface area contributed by atoms with Crippen molar-refractivity contribution in [1.82, 2.24) is 4.90 Å². The van der Waals surface area contributed by atoms with Gasteiger partial charge in [0.1, 0.15) is 17.9 Å². The molecule has 0 aromatic rings. The fourth-order valence-corrected chi connectivity index (χ4v) is 3.63. The highest BCUT2D eigenvalue weighted by atomic mass is 32.2. The van der Waals surface area contributed by atoms with Crippen LogP contribution < -0.4 is 0 Å². The van der Waals surface area contributed by atoms with Crippen molar-refractivity contribution in [2.24, 2.45) is 0 Å². The number of ether oxygens (including phenoxy) is 1. The standard InChI is InChI=1S/C15H21N3O2S/c1-3-4-8-21-14-10-12(18-7-5-6-15(18)19)11(17-16)9-13(14)20-2/h10H,3-9H2,1-2H3. The molecule has 1 amide bonds. The molecule has 0 saturated carbocycles. The Morgan fingerprint density at radius 1 is 1.52 bits per heavy atom. The van der Waals surface area contributed by atoms with E-state index in [-0.39, 0.29) is 5.91 Å². The normalized spacial score (nSPS) is 19.0. The van der Waals surface area contributed by atoms with E-state index in [9.17, 15) is 10.3 Å². The van der Waals surface area contributed by atoms with Gasteiger partial charge in [0.2, 0.25) is 5.91 Å². The number of methoxy groups -OCH3 is 1. The molecular formula is C15H21N3O2S. The van der Waals surface area contributed by atoms with E-state index in [1.165, 1.54) is 0 Å². The first-order valence-corrected chi connectivity index (χ1v) is 8.33. The largest absolute Gasteiger partial charge is 0.499 e. The SMILES string of the molecule is CCCCSC1=C(OC)CC(=[N+]=[N-])C(N2CCCC2=O)=C1. The summed E-state index contributed by atoms with van der Waals surface area (Å²) in [5.74, 6) is 1.92. The summed E-state index contributed by atoms with van der Waals surface area (Å²) in [6.45, 7) is 2.85. The Morgan fingerprint density at radius 2 is 2.33 bits per heavy atom. The van der Waals surface area contributed by atoms with Crippen LogP contribution in [0.15, 0.2) is 22.4 Å². The number of hydrogen-bond donors (Lipinski definition) is 0. The van der Waals surface area contributed by atoms with Crippen LogP contribution in [0.25, 0.3) is 5.53 Å². The van der Waals surface area contributed by atoms with Crippen molar-refractivity contribution in [1.29, 1.82) is 0 Å². The maximum absolute atomic E-state index is 11.9.